The van der Waals surface area contributed by atoms with Gasteiger partial charge < -0.3 is 16.0 Å². The number of aromatic nitrogens is 2. The van der Waals surface area contributed by atoms with Crippen LogP contribution in [0.4, 0.5) is 10.7 Å². The van der Waals surface area contributed by atoms with Gasteiger partial charge in [0.25, 0.3) is 0 Å². The molecule has 4 rings (SSSR count). The first-order valence-electron chi connectivity index (χ1n) is 9.35. The molecule has 3 N–H and O–H groups in total. The monoisotopic (exact) mass is 351 g/mol. The zero-order valence-electron chi connectivity index (χ0n) is 14.9. The number of nitrogen functional groups attached to an aromatic ring is 1. The van der Waals surface area contributed by atoms with Crippen LogP contribution < -0.4 is 11.1 Å². The highest BCUT2D eigenvalue weighted by molar-refractivity contribution is 5.74. The number of urea groups is 1. The first-order chi connectivity index (χ1) is 12.7. The zero-order valence-corrected chi connectivity index (χ0v) is 14.9. The van der Waals surface area contributed by atoms with E-state index < -0.39 is 0 Å². The normalized spacial score (nSPS) is 21.6. The lowest BCUT2D eigenvalue weighted by atomic mass is 9.77. The molecular formula is C20H25N5O. The molecule has 1 spiro atoms. The standard InChI is InChI=1S/C20H25N5O/c21-18-23-13-16-7-10-20(17(16)24-18)9-4-12-25(14-20)19(26)22-11-8-15-5-2-1-3-6-15/h1-3,5-6,13H,4,7-12,14H2,(H,22,26)(H2,21,23,24). The Kier molecular flexibility index (Phi) is 4.49. The summed E-state index contributed by atoms with van der Waals surface area (Å²) in [6, 6.07) is 10.2. The van der Waals surface area contributed by atoms with E-state index in [9.17, 15) is 4.79 Å². The van der Waals surface area contributed by atoms with Gasteiger partial charge in [0.15, 0.2) is 0 Å². The largest absolute Gasteiger partial charge is 0.368 e. The number of anilines is 1. The molecule has 1 unspecified atom stereocenters. The Morgan fingerprint density at radius 2 is 2.12 bits per heavy atom. The van der Waals surface area contributed by atoms with Gasteiger partial charge in [0.2, 0.25) is 5.95 Å². The Morgan fingerprint density at radius 3 is 2.96 bits per heavy atom. The maximum atomic E-state index is 12.7. The molecular weight excluding hydrogens is 326 g/mol. The first-order valence-corrected chi connectivity index (χ1v) is 9.35. The molecule has 6 heteroatoms. The Balaban J connectivity index is 1.40. The molecule has 1 aromatic carbocycles. The molecule has 0 bridgehead atoms. The molecule has 6 nitrogen and oxygen atoms in total. The van der Waals surface area contributed by atoms with Crippen LogP contribution in [0.5, 0.6) is 0 Å². The number of nitrogens with two attached hydrogens (primary N) is 1. The van der Waals surface area contributed by atoms with Crippen LogP contribution in [0.15, 0.2) is 36.5 Å². The highest BCUT2D eigenvalue weighted by Gasteiger charge is 2.44. The van der Waals surface area contributed by atoms with Crippen LogP contribution in [0.2, 0.25) is 0 Å². The number of nitrogens with one attached hydrogen (secondary N) is 1. The van der Waals surface area contributed by atoms with Gasteiger partial charge in [0.1, 0.15) is 0 Å². The number of nitrogens with zero attached hydrogens (tertiary/aromatic N) is 3. The van der Waals surface area contributed by atoms with E-state index in [-0.39, 0.29) is 11.4 Å². The third kappa shape index (κ3) is 3.23. The van der Waals surface area contributed by atoms with Crippen molar-refractivity contribution in [2.75, 3.05) is 25.4 Å². The second kappa shape index (κ2) is 6.94. The molecule has 0 radical (unpaired) electrons. The SMILES string of the molecule is Nc1ncc2c(n1)C1(CCCN(C(=O)NCCc3ccccc3)C1)CC2. The fraction of sp³-hybridized carbons (Fsp3) is 0.450. The van der Waals surface area contributed by atoms with Crippen molar-refractivity contribution in [1.82, 2.24) is 20.2 Å². The zero-order chi connectivity index (χ0) is 18.0. The average Bonchev–Trinajstić information content (AvgIpc) is 3.00. The van der Waals surface area contributed by atoms with E-state index in [2.05, 4.69) is 27.4 Å². The number of fused-ring (bicyclic) bond motifs is 2. The van der Waals surface area contributed by atoms with Gasteiger partial charge in [-0.15, -0.1) is 0 Å². The van der Waals surface area contributed by atoms with Gasteiger partial charge in [-0.05, 0) is 43.2 Å². The summed E-state index contributed by atoms with van der Waals surface area (Å²) in [4.78, 5) is 23.3. The molecule has 1 aliphatic carbocycles. The van der Waals surface area contributed by atoms with E-state index in [1.165, 1.54) is 11.1 Å². The molecule has 2 aromatic rings. The summed E-state index contributed by atoms with van der Waals surface area (Å²) in [6.07, 6.45) is 6.75. The van der Waals surface area contributed by atoms with Crippen LogP contribution in [0.25, 0.3) is 0 Å². The minimum absolute atomic E-state index is 0.0236. The van der Waals surface area contributed by atoms with E-state index in [0.717, 1.165) is 44.3 Å². The number of piperidine rings is 1. The van der Waals surface area contributed by atoms with Crippen molar-refractivity contribution in [2.45, 2.75) is 37.5 Å². The number of benzene rings is 1. The molecule has 0 saturated carbocycles. The minimum Gasteiger partial charge on any atom is -0.368 e. The van der Waals surface area contributed by atoms with Crippen molar-refractivity contribution >= 4 is 12.0 Å². The highest BCUT2D eigenvalue weighted by Crippen LogP contribution is 2.43. The van der Waals surface area contributed by atoms with Crippen molar-refractivity contribution in [1.29, 1.82) is 0 Å². The summed E-state index contributed by atoms with van der Waals surface area (Å²) < 4.78 is 0. The van der Waals surface area contributed by atoms with E-state index in [1.807, 2.05) is 29.3 Å². The van der Waals surface area contributed by atoms with Crippen LogP contribution in [0, 0.1) is 0 Å². The van der Waals surface area contributed by atoms with Gasteiger partial charge in [-0.1, -0.05) is 30.3 Å². The summed E-state index contributed by atoms with van der Waals surface area (Å²) >= 11 is 0. The number of carbonyl (C=O) groups excluding carboxylic acids is 1. The molecule has 136 valence electrons. The van der Waals surface area contributed by atoms with Crippen molar-refractivity contribution in [3.63, 3.8) is 0 Å². The topological polar surface area (TPSA) is 84.1 Å². The van der Waals surface area contributed by atoms with E-state index in [1.54, 1.807) is 0 Å². The Hall–Kier alpha value is -2.63. The van der Waals surface area contributed by atoms with E-state index in [0.29, 0.717) is 19.0 Å². The summed E-state index contributed by atoms with van der Waals surface area (Å²) in [5.41, 5.74) is 9.25. The molecule has 2 aliphatic rings. The highest BCUT2D eigenvalue weighted by atomic mass is 16.2. The van der Waals surface area contributed by atoms with Gasteiger partial charge in [-0.25, -0.2) is 14.8 Å². The maximum absolute atomic E-state index is 12.7. The third-order valence-corrected chi connectivity index (χ3v) is 5.66. The maximum Gasteiger partial charge on any atom is 0.317 e. The molecule has 1 saturated heterocycles. The number of hydrogen-bond donors (Lipinski definition) is 2. The number of likely N-dealkylation sites (tertiary alicyclic amines) is 1. The Labute approximate surface area is 153 Å². The van der Waals surface area contributed by atoms with Gasteiger partial charge in [-0.2, -0.15) is 0 Å². The van der Waals surface area contributed by atoms with Gasteiger partial charge in [-0.3, -0.25) is 0 Å². The lowest BCUT2D eigenvalue weighted by molar-refractivity contribution is 0.147. The summed E-state index contributed by atoms with van der Waals surface area (Å²) in [6.45, 7) is 2.17. The predicted molar refractivity (Wildman–Crippen MR) is 101 cm³/mol. The van der Waals surface area contributed by atoms with Crippen LogP contribution in [0.1, 0.15) is 36.1 Å². The number of amides is 2. The molecule has 1 fully saturated rings. The molecule has 2 amide bonds. The third-order valence-electron chi connectivity index (χ3n) is 5.66. The van der Waals surface area contributed by atoms with Crippen LogP contribution in [-0.4, -0.2) is 40.5 Å². The lowest BCUT2D eigenvalue weighted by Crippen LogP contribution is -2.51. The quantitative estimate of drug-likeness (QED) is 0.889. The first kappa shape index (κ1) is 16.8. The van der Waals surface area contributed by atoms with Crippen molar-refractivity contribution in [2.24, 2.45) is 0 Å². The average molecular weight is 351 g/mol. The van der Waals surface area contributed by atoms with E-state index in [4.69, 9.17) is 5.73 Å². The summed E-state index contributed by atoms with van der Waals surface area (Å²) in [5.74, 6) is 0.328. The second-order valence-electron chi connectivity index (χ2n) is 7.38. The van der Waals surface area contributed by atoms with Gasteiger partial charge in [0, 0.05) is 31.2 Å². The summed E-state index contributed by atoms with van der Waals surface area (Å²) in [7, 11) is 0. The summed E-state index contributed by atoms with van der Waals surface area (Å²) in [5, 5.41) is 3.07. The van der Waals surface area contributed by atoms with Crippen molar-refractivity contribution in [3.8, 4) is 0 Å². The fourth-order valence-electron chi connectivity index (χ4n) is 4.33. The molecule has 26 heavy (non-hydrogen) atoms. The number of aryl methyl sites for hydroxylation is 1. The molecule has 1 aromatic heterocycles. The molecule has 1 aliphatic heterocycles. The Bertz CT molecular complexity index is 790. The van der Waals surface area contributed by atoms with Crippen molar-refractivity contribution in [3.05, 3.63) is 53.3 Å². The van der Waals surface area contributed by atoms with Crippen LogP contribution in [0.3, 0.4) is 0 Å². The Morgan fingerprint density at radius 1 is 1.27 bits per heavy atom. The van der Waals surface area contributed by atoms with Crippen LogP contribution >= 0.6 is 0 Å². The number of rotatable bonds is 3. The minimum atomic E-state index is -0.0542. The van der Waals surface area contributed by atoms with E-state index >= 15 is 0 Å². The second-order valence-corrected chi connectivity index (χ2v) is 7.38. The van der Waals surface area contributed by atoms with Crippen molar-refractivity contribution < 1.29 is 4.79 Å². The molecule has 2 heterocycles. The number of hydrogen-bond acceptors (Lipinski definition) is 4. The van der Waals surface area contributed by atoms with Gasteiger partial charge >= 0.3 is 6.03 Å². The lowest BCUT2D eigenvalue weighted by Gasteiger charge is -2.40. The smallest absolute Gasteiger partial charge is 0.317 e. The predicted octanol–water partition coefficient (Wildman–Crippen LogP) is 2.29. The molecule has 1 atom stereocenters. The number of carbonyl (C=O) groups is 1. The van der Waals surface area contributed by atoms with Crippen LogP contribution in [-0.2, 0) is 18.3 Å². The van der Waals surface area contributed by atoms with Gasteiger partial charge in [0.05, 0.1) is 5.69 Å². The fourth-order valence-corrected chi connectivity index (χ4v) is 4.33.